The molecule has 0 radical (unpaired) electrons. The van der Waals surface area contributed by atoms with Crippen molar-refractivity contribution in [2.75, 3.05) is 13.7 Å². The number of carbonyl (C=O) groups excluding carboxylic acids is 1. The van der Waals surface area contributed by atoms with Gasteiger partial charge < -0.3 is 9.30 Å². The number of amides is 1. The van der Waals surface area contributed by atoms with Gasteiger partial charge in [0, 0.05) is 35.3 Å². The van der Waals surface area contributed by atoms with Gasteiger partial charge in [0.05, 0.1) is 21.7 Å². The summed E-state index contributed by atoms with van der Waals surface area (Å²) in [5.74, 6) is -0.519. The second-order valence-electron chi connectivity index (χ2n) is 5.82. The van der Waals surface area contributed by atoms with E-state index in [0.29, 0.717) is 23.5 Å². The van der Waals surface area contributed by atoms with E-state index in [1.807, 2.05) is 22.8 Å². The summed E-state index contributed by atoms with van der Waals surface area (Å²) in [6.45, 7) is 2.64. The highest BCUT2D eigenvalue weighted by Gasteiger charge is 2.15. The highest BCUT2D eigenvalue weighted by atomic mass is 79.9. The molecule has 0 aliphatic rings. The van der Waals surface area contributed by atoms with Crippen molar-refractivity contribution in [3.63, 3.8) is 0 Å². The number of nitro benzene ring substituents is 1. The molecular weight excluding hydrogens is 434 g/mol. The third-order valence-corrected chi connectivity index (χ3v) is 5.55. The number of nitrogens with zero attached hydrogens (tertiary/aromatic N) is 3. The normalized spacial score (nSPS) is 11.9. The van der Waals surface area contributed by atoms with Gasteiger partial charge in [-0.15, -0.1) is 0 Å². The molecule has 1 aromatic heterocycles. The van der Waals surface area contributed by atoms with Crippen LogP contribution >= 0.6 is 27.3 Å². The maximum Gasteiger partial charge on any atom is 0.279 e. The number of methoxy groups -OCH3 is 1. The summed E-state index contributed by atoms with van der Waals surface area (Å²) in [6.07, 6.45) is 0. The number of halogens is 1. The molecule has 140 valence electrons. The molecule has 0 spiro atoms. The van der Waals surface area contributed by atoms with E-state index in [0.717, 1.165) is 14.7 Å². The molecular formula is C18H16BrN3O4S. The van der Waals surface area contributed by atoms with E-state index in [-0.39, 0.29) is 11.3 Å². The van der Waals surface area contributed by atoms with Crippen LogP contribution in [0.15, 0.2) is 45.9 Å². The first-order valence-corrected chi connectivity index (χ1v) is 9.63. The van der Waals surface area contributed by atoms with E-state index in [1.54, 1.807) is 26.2 Å². The average molecular weight is 450 g/mol. The number of hydrogen-bond donors (Lipinski definition) is 0. The topological polar surface area (TPSA) is 86.7 Å². The van der Waals surface area contributed by atoms with Crippen LogP contribution in [0.1, 0.15) is 15.9 Å². The summed E-state index contributed by atoms with van der Waals surface area (Å²) >= 11 is 4.83. The van der Waals surface area contributed by atoms with Crippen molar-refractivity contribution in [2.24, 2.45) is 4.99 Å². The van der Waals surface area contributed by atoms with Crippen molar-refractivity contribution in [3.05, 3.63) is 66.9 Å². The molecule has 9 heteroatoms. The van der Waals surface area contributed by atoms with Gasteiger partial charge in [0.2, 0.25) is 0 Å². The third-order valence-electron chi connectivity index (χ3n) is 4.01. The third kappa shape index (κ3) is 4.15. The van der Waals surface area contributed by atoms with E-state index >= 15 is 0 Å². The van der Waals surface area contributed by atoms with E-state index < -0.39 is 10.8 Å². The first-order chi connectivity index (χ1) is 12.9. The van der Waals surface area contributed by atoms with Gasteiger partial charge in [-0.25, -0.2) is 0 Å². The monoisotopic (exact) mass is 449 g/mol. The predicted octanol–water partition coefficient (Wildman–Crippen LogP) is 4.07. The minimum Gasteiger partial charge on any atom is -0.383 e. The molecule has 1 heterocycles. The molecule has 0 aliphatic carbocycles. The number of aromatic nitrogens is 1. The van der Waals surface area contributed by atoms with Gasteiger partial charge in [-0.3, -0.25) is 14.9 Å². The number of benzene rings is 2. The molecule has 0 saturated heterocycles. The Labute approximate surface area is 167 Å². The summed E-state index contributed by atoms with van der Waals surface area (Å²) in [5, 5.41) is 11.1. The Morgan fingerprint density at radius 1 is 1.33 bits per heavy atom. The molecule has 0 atom stereocenters. The van der Waals surface area contributed by atoms with Crippen molar-refractivity contribution < 1.29 is 14.5 Å². The lowest BCUT2D eigenvalue weighted by atomic mass is 10.1. The number of rotatable bonds is 5. The minimum atomic E-state index is -0.519. The molecule has 0 saturated carbocycles. The Kier molecular flexibility index (Phi) is 5.83. The molecule has 0 bridgehead atoms. The highest BCUT2D eigenvalue weighted by Crippen LogP contribution is 2.23. The Bertz CT molecular complexity index is 1100. The Hall–Kier alpha value is -2.36. The zero-order valence-corrected chi connectivity index (χ0v) is 17.0. The van der Waals surface area contributed by atoms with Crippen LogP contribution in [0.2, 0.25) is 0 Å². The number of aryl methyl sites for hydroxylation is 1. The maximum absolute atomic E-state index is 12.6. The molecule has 0 fully saturated rings. The number of ether oxygens (including phenoxy) is 1. The molecule has 7 nitrogen and oxygen atoms in total. The van der Waals surface area contributed by atoms with Crippen LogP contribution < -0.4 is 4.80 Å². The van der Waals surface area contributed by atoms with E-state index in [4.69, 9.17) is 4.74 Å². The summed E-state index contributed by atoms with van der Waals surface area (Å²) in [6, 6.07) is 10.2. The summed E-state index contributed by atoms with van der Waals surface area (Å²) in [7, 11) is 1.61. The molecule has 0 aliphatic heterocycles. The van der Waals surface area contributed by atoms with Crippen LogP contribution in [-0.4, -0.2) is 29.1 Å². The van der Waals surface area contributed by atoms with Crippen molar-refractivity contribution in [1.82, 2.24) is 4.57 Å². The van der Waals surface area contributed by atoms with Crippen LogP contribution in [0.4, 0.5) is 5.69 Å². The number of hydrogen-bond acceptors (Lipinski definition) is 5. The van der Waals surface area contributed by atoms with E-state index in [1.165, 1.54) is 17.4 Å². The zero-order valence-electron chi connectivity index (χ0n) is 14.6. The van der Waals surface area contributed by atoms with Gasteiger partial charge >= 0.3 is 0 Å². The molecule has 3 aromatic rings. The fraction of sp³-hybridized carbons (Fsp3) is 0.222. The van der Waals surface area contributed by atoms with Crippen LogP contribution in [0.3, 0.4) is 0 Å². The van der Waals surface area contributed by atoms with Crippen LogP contribution in [0.5, 0.6) is 0 Å². The fourth-order valence-corrected chi connectivity index (χ4v) is 4.23. The van der Waals surface area contributed by atoms with Crippen molar-refractivity contribution in [3.8, 4) is 0 Å². The van der Waals surface area contributed by atoms with E-state index in [9.17, 15) is 14.9 Å². The standard InChI is InChI=1S/C18H16BrN3O4S/c1-11-3-4-12(9-15(11)22(24)25)17(23)20-18-21(7-8-26-2)14-6-5-13(19)10-16(14)27-18/h3-6,9-10H,7-8H2,1-2H3. The Morgan fingerprint density at radius 2 is 2.11 bits per heavy atom. The zero-order chi connectivity index (χ0) is 19.6. The van der Waals surface area contributed by atoms with Gasteiger partial charge in [-0.2, -0.15) is 4.99 Å². The second kappa shape index (κ2) is 8.12. The second-order valence-corrected chi connectivity index (χ2v) is 7.74. The highest BCUT2D eigenvalue weighted by molar-refractivity contribution is 9.10. The summed E-state index contributed by atoms with van der Waals surface area (Å²) < 4.78 is 8.98. The number of fused-ring (bicyclic) bond motifs is 1. The minimum absolute atomic E-state index is 0.0939. The Morgan fingerprint density at radius 3 is 2.81 bits per heavy atom. The van der Waals surface area contributed by atoms with Gasteiger partial charge in [0.15, 0.2) is 4.80 Å². The van der Waals surface area contributed by atoms with Crippen molar-refractivity contribution in [2.45, 2.75) is 13.5 Å². The predicted molar refractivity (Wildman–Crippen MR) is 107 cm³/mol. The molecule has 3 rings (SSSR count). The average Bonchev–Trinajstić information content (AvgIpc) is 2.95. The summed E-state index contributed by atoms with van der Waals surface area (Å²) in [4.78, 5) is 28.0. The lowest BCUT2D eigenvalue weighted by Gasteiger charge is -2.04. The van der Waals surface area contributed by atoms with Gasteiger partial charge in [-0.1, -0.05) is 33.3 Å². The van der Waals surface area contributed by atoms with Crippen molar-refractivity contribution in [1.29, 1.82) is 0 Å². The largest absolute Gasteiger partial charge is 0.383 e. The number of carbonyl (C=O) groups is 1. The SMILES string of the molecule is COCCn1c(=NC(=O)c2ccc(C)c([N+](=O)[O-])c2)sc2cc(Br)ccc21. The van der Waals surface area contributed by atoms with Crippen LogP contribution in [0.25, 0.3) is 10.2 Å². The Balaban J connectivity index is 2.10. The molecule has 1 amide bonds. The lowest BCUT2D eigenvalue weighted by molar-refractivity contribution is -0.385. The fourth-order valence-electron chi connectivity index (χ4n) is 2.62. The smallest absolute Gasteiger partial charge is 0.279 e. The van der Waals surface area contributed by atoms with Crippen LogP contribution in [-0.2, 0) is 11.3 Å². The quantitative estimate of drug-likeness (QED) is 0.433. The molecule has 2 aromatic carbocycles. The van der Waals surface area contributed by atoms with Gasteiger partial charge in [0.1, 0.15) is 0 Å². The van der Waals surface area contributed by atoms with Crippen molar-refractivity contribution >= 4 is 49.1 Å². The first-order valence-electron chi connectivity index (χ1n) is 8.02. The number of thiazole rings is 1. The van der Waals surface area contributed by atoms with Gasteiger partial charge in [0.25, 0.3) is 11.6 Å². The van der Waals surface area contributed by atoms with E-state index in [2.05, 4.69) is 20.9 Å². The first kappa shape index (κ1) is 19.4. The maximum atomic E-state index is 12.6. The molecule has 27 heavy (non-hydrogen) atoms. The number of nitro groups is 1. The summed E-state index contributed by atoms with van der Waals surface area (Å²) in [5.41, 5.74) is 1.54. The molecule has 0 N–H and O–H groups in total. The lowest BCUT2D eigenvalue weighted by Crippen LogP contribution is -2.19. The molecule has 0 unspecified atom stereocenters. The van der Waals surface area contributed by atoms with Gasteiger partial charge in [-0.05, 0) is 31.2 Å². The van der Waals surface area contributed by atoms with Crippen LogP contribution in [0, 0.1) is 17.0 Å².